The molecule has 0 saturated carbocycles. The lowest BCUT2D eigenvalue weighted by atomic mass is 10.1. The number of nitrogens with zero attached hydrogens (tertiary/aromatic N) is 3. The summed E-state index contributed by atoms with van der Waals surface area (Å²) in [4.78, 5) is 32.7. The molecule has 0 bridgehead atoms. The molecular weight excluding hydrogens is 469 g/mol. The lowest BCUT2D eigenvalue weighted by molar-refractivity contribution is -0.138. The molecule has 0 aliphatic carbocycles. The maximum atomic E-state index is 13.1. The number of aromatic nitrogens is 1. The number of ether oxygens (including phenoxy) is 1. The van der Waals surface area contributed by atoms with Crippen LogP contribution in [0.3, 0.4) is 0 Å². The topological polar surface area (TPSA) is 74.8 Å². The summed E-state index contributed by atoms with van der Waals surface area (Å²) in [5.41, 5.74) is -0.247. The molecule has 0 atom stereocenters. The number of halogens is 3. The highest BCUT2D eigenvalue weighted by Crippen LogP contribution is 2.34. The first-order valence-electron chi connectivity index (χ1n) is 10.7. The maximum Gasteiger partial charge on any atom is 0.418 e. The highest BCUT2D eigenvalue weighted by molar-refractivity contribution is 7.18. The van der Waals surface area contributed by atoms with Crippen LogP contribution in [0.15, 0.2) is 48.5 Å². The predicted octanol–water partition coefficient (Wildman–Crippen LogP) is 3.61. The summed E-state index contributed by atoms with van der Waals surface area (Å²) in [6.07, 6.45) is -4.55. The standard InChI is InChI=1S/C23H23F3N4O3S/c24-23(25,26)16-5-1-2-6-17(16)27-20(31)13-29-9-11-30(12-10-29)22(32)15-33-14-21-28-18-7-3-4-8-19(18)34-21/h1-8H,9-15H2,(H,27,31). The molecule has 4 rings (SSSR count). The number of alkyl halides is 3. The van der Waals surface area contributed by atoms with E-state index >= 15 is 0 Å². The average Bonchev–Trinajstić information content (AvgIpc) is 3.22. The van der Waals surface area contributed by atoms with E-state index in [4.69, 9.17) is 4.74 Å². The SMILES string of the molecule is O=C(CN1CCN(C(=O)COCc2nc3ccccc3s2)CC1)Nc1ccccc1C(F)(F)F. The summed E-state index contributed by atoms with van der Waals surface area (Å²) in [5.74, 6) is -0.681. The molecule has 1 aliphatic rings. The zero-order valence-electron chi connectivity index (χ0n) is 18.2. The Morgan fingerprint density at radius 2 is 1.74 bits per heavy atom. The number of para-hydroxylation sites is 2. The van der Waals surface area contributed by atoms with Crippen LogP contribution in [0, 0.1) is 0 Å². The average molecular weight is 493 g/mol. The number of carbonyl (C=O) groups excluding carboxylic acids is 2. The molecule has 2 heterocycles. The van der Waals surface area contributed by atoms with Gasteiger partial charge in [-0.1, -0.05) is 24.3 Å². The first-order chi connectivity index (χ1) is 16.3. The molecule has 2 amide bonds. The van der Waals surface area contributed by atoms with Crippen LogP contribution in [0.25, 0.3) is 10.2 Å². The quantitative estimate of drug-likeness (QED) is 0.546. The highest BCUT2D eigenvalue weighted by Gasteiger charge is 2.33. The van der Waals surface area contributed by atoms with Gasteiger partial charge in [0, 0.05) is 26.2 Å². The summed E-state index contributed by atoms with van der Waals surface area (Å²) >= 11 is 1.53. The van der Waals surface area contributed by atoms with Gasteiger partial charge < -0.3 is 15.0 Å². The largest absolute Gasteiger partial charge is 0.418 e. The van der Waals surface area contributed by atoms with Crippen LogP contribution in [0.2, 0.25) is 0 Å². The number of amides is 2. The molecule has 34 heavy (non-hydrogen) atoms. The fourth-order valence-electron chi connectivity index (χ4n) is 3.69. The summed E-state index contributed by atoms with van der Waals surface area (Å²) in [5, 5.41) is 3.15. The Kier molecular flexibility index (Phi) is 7.44. The van der Waals surface area contributed by atoms with E-state index in [2.05, 4.69) is 10.3 Å². The van der Waals surface area contributed by atoms with Gasteiger partial charge in [0.15, 0.2) is 0 Å². The van der Waals surface area contributed by atoms with Gasteiger partial charge in [0.2, 0.25) is 11.8 Å². The van der Waals surface area contributed by atoms with Crippen molar-refractivity contribution < 1.29 is 27.5 Å². The first kappa shape index (κ1) is 24.1. The molecule has 1 aliphatic heterocycles. The molecule has 2 aromatic carbocycles. The number of thiazole rings is 1. The van der Waals surface area contributed by atoms with Gasteiger partial charge in [0.25, 0.3) is 0 Å². The number of anilines is 1. The smallest absolute Gasteiger partial charge is 0.364 e. The Labute approximate surface area is 198 Å². The van der Waals surface area contributed by atoms with Crippen molar-refractivity contribution in [1.29, 1.82) is 0 Å². The zero-order valence-corrected chi connectivity index (χ0v) is 19.0. The Bertz CT molecular complexity index is 1130. The van der Waals surface area contributed by atoms with E-state index < -0.39 is 17.6 Å². The van der Waals surface area contributed by atoms with Gasteiger partial charge in [0.1, 0.15) is 11.6 Å². The van der Waals surface area contributed by atoms with E-state index in [1.807, 2.05) is 24.3 Å². The Morgan fingerprint density at radius 1 is 1.03 bits per heavy atom. The van der Waals surface area contributed by atoms with Gasteiger partial charge in [0.05, 0.1) is 34.6 Å². The summed E-state index contributed by atoms with van der Waals surface area (Å²) < 4.78 is 45.9. The van der Waals surface area contributed by atoms with Crippen LogP contribution in [0.1, 0.15) is 10.6 Å². The van der Waals surface area contributed by atoms with Crippen molar-refractivity contribution in [2.45, 2.75) is 12.8 Å². The normalized spacial score (nSPS) is 15.0. The summed E-state index contributed by atoms with van der Waals surface area (Å²) in [6.45, 7) is 1.85. The van der Waals surface area contributed by atoms with Gasteiger partial charge in [-0.2, -0.15) is 13.2 Å². The second kappa shape index (κ2) is 10.5. The third kappa shape index (κ3) is 6.10. The van der Waals surface area contributed by atoms with Gasteiger partial charge >= 0.3 is 6.18 Å². The Hall–Kier alpha value is -3.02. The summed E-state index contributed by atoms with van der Waals surface area (Å²) in [6, 6.07) is 12.6. The summed E-state index contributed by atoms with van der Waals surface area (Å²) in [7, 11) is 0. The van der Waals surface area contributed by atoms with E-state index in [9.17, 15) is 22.8 Å². The molecule has 1 aromatic heterocycles. The fraction of sp³-hybridized carbons (Fsp3) is 0.348. The lowest BCUT2D eigenvalue weighted by Crippen LogP contribution is -2.51. The van der Waals surface area contributed by atoms with Gasteiger partial charge in [-0.3, -0.25) is 14.5 Å². The van der Waals surface area contributed by atoms with Crippen molar-refractivity contribution in [3.05, 3.63) is 59.1 Å². The van der Waals surface area contributed by atoms with Crippen LogP contribution in [0.5, 0.6) is 0 Å². The number of fused-ring (bicyclic) bond motifs is 1. The van der Waals surface area contributed by atoms with Crippen molar-refractivity contribution >= 4 is 39.1 Å². The minimum Gasteiger partial charge on any atom is -0.364 e. The number of benzene rings is 2. The minimum absolute atomic E-state index is 0.0532. The molecule has 11 heteroatoms. The number of hydrogen-bond donors (Lipinski definition) is 1. The third-order valence-electron chi connectivity index (χ3n) is 5.39. The monoisotopic (exact) mass is 492 g/mol. The maximum absolute atomic E-state index is 13.1. The van der Waals surface area contributed by atoms with Crippen molar-refractivity contribution in [3.63, 3.8) is 0 Å². The molecule has 0 radical (unpaired) electrons. The lowest BCUT2D eigenvalue weighted by Gasteiger charge is -2.34. The molecule has 1 saturated heterocycles. The van der Waals surface area contributed by atoms with E-state index in [-0.39, 0.29) is 31.4 Å². The number of nitrogens with one attached hydrogen (secondary N) is 1. The number of carbonyl (C=O) groups is 2. The number of piperazine rings is 1. The van der Waals surface area contributed by atoms with Gasteiger partial charge in [-0.25, -0.2) is 4.98 Å². The Balaban J connectivity index is 1.19. The highest BCUT2D eigenvalue weighted by atomic mass is 32.1. The van der Waals surface area contributed by atoms with E-state index in [0.717, 1.165) is 21.3 Å². The second-order valence-electron chi connectivity index (χ2n) is 7.82. The minimum atomic E-state index is -4.55. The molecule has 1 fully saturated rings. The van der Waals surface area contributed by atoms with Gasteiger partial charge in [-0.05, 0) is 24.3 Å². The molecule has 1 N–H and O–H groups in total. The van der Waals surface area contributed by atoms with Crippen LogP contribution in [0.4, 0.5) is 18.9 Å². The van der Waals surface area contributed by atoms with Crippen molar-refractivity contribution in [1.82, 2.24) is 14.8 Å². The van der Waals surface area contributed by atoms with Crippen LogP contribution >= 0.6 is 11.3 Å². The number of rotatable bonds is 7. The third-order valence-corrected chi connectivity index (χ3v) is 6.40. The van der Waals surface area contributed by atoms with Crippen molar-refractivity contribution in [2.75, 3.05) is 44.6 Å². The molecule has 7 nitrogen and oxygen atoms in total. The zero-order chi connectivity index (χ0) is 24.1. The molecule has 0 spiro atoms. The molecule has 0 unspecified atom stereocenters. The van der Waals surface area contributed by atoms with E-state index in [0.29, 0.717) is 26.2 Å². The van der Waals surface area contributed by atoms with E-state index in [1.165, 1.54) is 29.5 Å². The second-order valence-corrected chi connectivity index (χ2v) is 8.93. The molecule has 3 aromatic rings. The van der Waals surface area contributed by atoms with Crippen LogP contribution < -0.4 is 5.32 Å². The molecular formula is C23H23F3N4O3S. The Morgan fingerprint density at radius 3 is 2.47 bits per heavy atom. The van der Waals surface area contributed by atoms with Crippen LogP contribution in [-0.4, -0.2) is 65.9 Å². The fourth-order valence-corrected chi connectivity index (χ4v) is 4.59. The number of hydrogen-bond acceptors (Lipinski definition) is 6. The van der Waals surface area contributed by atoms with Crippen molar-refractivity contribution in [3.8, 4) is 0 Å². The molecule has 180 valence electrons. The van der Waals surface area contributed by atoms with Crippen molar-refractivity contribution in [2.24, 2.45) is 0 Å². The predicted molar refractivity (Wildman–Crippen MR) is 122 cm³/mol. The van der Waals surface area contributed by atoms with Crippen LogP contribution in [-0.2, 0) is 27.1 Å². The van der Waals surface area contributed by atoms with E-state index in [1.54, 1.807) is 9.80 Å². The first-order valence-corrected chi connectivity index (χ1v) is 11.5. The van der Waals surface area contributed by atoms with Gasteiger partial charge in [-0.15, -0.1) is 11.3 Å².